The molecule has 0 saturated carbocycles. The highest BCUT2D eigenvalue weighted by Crippen LogP contribution is 2.17. The monoisotopic (exact) mass is 209 g/mol. The minimum atomic E-state index is 0.400. The largest absolute Gasteiger partial charge is 0.185 e. The molecule has 0 radical (unpaired) electrons. The van der Waals surface area contributed by atoms with E-state index in [1.165, 1.54) is 17.3 Å². The highest BCUT2D eigenvalue weighted by molar-refractivity contribution is 8.04. The summed E-state index contributed by atoms with van der Waals surface area (Å²) >= 11 is 1.36. The van der Waals surface area contributed by atoms with Crippen molar-refractivity contribution in [3.05, 3.63) is 35.9 Å². The van der Waals surface area contributed by atoms with Crippen LogP contribution in [0.4, 0.5) is 0 Å². The molecule has 0 aromatic heterocycles. The average Bonchev–Trinajstić information content (AvgIpc) is 2.19. The van der Waals surface area contributed by atoms with Crippen molar-refractivity contribution in [2.45, 2.75) is 11.7 Å². The first-order valence-electron chi connectivity index (χ1n) is 4.15. The smallest absolute Gasteiger partial charge is 0.133 e. The molecule has 0 aliphatic carbocycles. The summed E-state index contributed by atoms with van der Waals surface area (Å²) in [6.07, 6.45) is 1.94. The van der Waals surface area contributed by atoms with Crippen LogP contribution in [0.15, 0.2) is 30.3 Å². The van der Waals surface area contributed by atoms with Crippen molar-refractivity contribution >= 4 is 21.0 Å². The Balaban J connectivity index is 2.53. The van der Waals surface area contributed by atoms with Crippen molar-refractivity contribution in [2.24, 2.45) is 0 Å². The van der Waals surface area contributed by atoms with Gasteiger partial charge in [-0.15, -0.1) is 9.24 Å². The first-order chi connectivity index (χ1) is 6.36. The average molecular weight is 209 g/mol. The highest BCUT2D eigenvalue weighted by Gasteiger charge is 2.06. The summed E-state index contributed by atoms with van der Waals surface area (Å²) in [5, 5.41) is 11.1. The molecular weight excluding hydrogens is 197 g/mol. The Morgan fingerprint density at radius 1 is 1.38 bits per heavy atom. The van der Waals surface area contributed by atoms with E-state index in [4.69, 9.17) is 5.26 Å². The van der Waals surface area contributed by atoms with Crippen LogP contribution in [-0.4, -0.2) is 11.4 Å². The van der Waals surface area contributed by atoms with Crippen LogP contribution in [0.25, 0.3) is 0 Å². The van der Waals surface area contributed by atoms with Gasteiger partial charge in [-0.25, -0.2) is 0 Å². The lowest BCUT2D eigenvalue weighted by Gasteiger charge is -2.08. The molecular formula is C10H12NPS. The summed E-state index contributed by atoms with van der Waals surface area (Å²) < 4.78 is 0. The van der Waals surface area contributed by atoms with Crippen LogP contribution < -0.4 is 0 Å². The normalized spacial score (nSPS) is 12.0. The van der Waals surface area contributed by atoms with Crippen LogP contribution in [0.1, 0.15) is 5.56 Å². The molecule has 0 aliphatic rings. The molecule has 0 aliphatic heterocycles. The van der Waals surface area contributed by atoms with Gasteiger partial charge in [0, 0.05) is 5.25 Å². The standard InChI is InChI=1S/C10H12NPS/c11-8-13-10(7-12)6-9-4-2-1-3-5-9/h1-5,10H,6-7,12H2. The maximum absolute atomic E-state index is 8.55. The summed E-state index contributed by atoms with van der Waals surface area (Å²) in [6.45, 7) is 0. The SMILES string of the molecule is N#CSC(CP)Cc1ccccc1. The van der Waals surface area contributed by atoms with Gasteiger partial charge < -0.3 is 0 Å². The molecule has 1 rings (SSSR count). The molecule has 0 fully saturated rings. The molecule has 2 unspecified atom stereocenters. The molecule has 0 heterocycles. The quantitative estimate of drug-likeness (QED) is 0.562. The van der Waals surface area contributed by atoms with Gasteiger partial charge in [-0.3, -0.25) is 0 Å². The van der Waals surface area contributed by atoms with E-state index in [0.29, 0.717) is 5.25 Å². The lowest BCUT2D eigenvalue weighted by molar-refractivity contribution is 0.959. The Morgan fingerprint density at radius 3 is 2.62 bits per heavy atom. The zero-order chi connectivity index (χ0) is 9.52. The number of benzene rings is 1. The molecule has 13 heavy (non-hydrogen) atoms. The minimum absolute atomic E-state index is 0.400. The molecule has 68 valence electrons. The molecule has 2 atom stereocenters. The van der Waals surface area contributed by atoms with Gasteiger partial charge in [-0.05, 0) is 29.9 Å². The van der Waals surface area contributed by atoms with Gasteiger partial charge in [-0.2, -0.15) is 5.26 Å². The van der Waals surface area contributed by atoms with Crippen LogP contribution in [0.2, 0.25) is 0 Å². The van der Waals surface area contributed by atoms with Gasteiger partial charge >= 0.3 is 0 Å². The van der Waals surface area contributed by atoms with Gasteiger partial charge in [0.1, 0.15) is 5.40 Å². The predicted octanol–water partition coefficient (Wildman–Crippen LogP) is 2.69. The summed E-state index contributed by atoms with van der Waals surface area (Å²) in [4.78, 5) is 0. The van der Waals surface area contributed by atoms with Gasteiger partial charge in [0.2, 0.25) is 0 Å². The summed E-state index contributed by atoms with van der Waals surface area (Å²) in [7, 11) is 2.69. The molecule has 1 aromatic carbocycles. The van der Waals surface area contributed by atoms with Gasteiger partial charge in [0.25, 0.3) is 0 Å². The minimum Gasteiger partial charge on any atom is -0.185 e. The third-order valence-electron chi connectivity index (χ3n) is 1.79. The van der Waals surface area contributed by atoms with E-state index in [-0.39, 0.29) is 0 Å². The van der Waals surface area contributed by atoms with Crippen molar-refractivity contribution in [2.75, 3.05) is 6.16 Å². The van der Waals surface area contributed by atoms with Gasteiger partial charge in [0.15, 0.2) is 0 Å². The first-order valence-corrected chi connectivity index (χ1v) is 5.85. The molecule has 0 saturated heterocycles. The van der Waals surface area contributed by atoms with Gasteiger partial charge in [-0.1, -0.05) is 30.3 Å². The van der Waals surface area contributed by atoms with Crippen LogP contribution in [0, 0.1) is 10.7 Å². The second-order valence-corrected chi connectivity index (χ2v) is 4.31. The van der Waals surface area contributed by atoms with Gasteiger partial charge in [0.05, 0.1) is 0 Å². The van der Waals surface area contributed by atoms with Crippen molar-refractivity contribution in [3.8, 4) is 5.40 Å². The number of hydrogen-bond acceptors (Lipinski definition) is 2. The second-order valence-electron chi connectivity index (χ2n) is 2.76. The topological polar surface area (TPSA) is 23.8 Å². The van der Waals surface area contributed by atoms with Crippen LogP contribution in [0.5, 0.6) is 0 Å². The Bertz CT molecular complexity index is 281. The summed E-state index contributed by atoms with van der Waals surface area (Å²) in [5.41, 5.74) is 1.30. The second kappa shape index (κ2) is 6.02. The van der Waals surface area contributed by atoms with Crippen molar-refractivity contribution in [3.63, 3.8) is 0 Å². The number of thioether (sulfide) groups is 1. The van der Waals surface area contributed by atoms with Crippen molar-refractivity contribution in [1.82, 2.24) is 0 Å². The van der Waals surface area contributed by atoms with E-state index < -0.39 is 0 Å². The molecule has 0 bridgehead atoms. The summed E-state index contributed by atoms with van der Waals surface area (Å²) in [6, 6.07) is 10.3. The summed E-state index contributed by atoms with van der Waals surface area (Å²) in [5.74, 6) is 0. The zero-order valence-corrected chi connectivity index (χ0v) is 9.28. The zero-order valence-electron chi connectivity index (χ0n) is 7.31. The molecule has 0 spiro atoms. The fourth-order valence-corrected chi connectivity index (χ4v) is 2.10. The number of rotatable bonds is 4. The number of hydrogen-bond donors (Lipinski definition) is 0. The maximum Gasteiger partial charge on any atom is 0.133 e. The Labute approximate surface area is 85.7 Å². The number of nitrogens with zero attached hydrogens (tertiary/aromatic N) is 1. The predicted molar refractivity (Wildman–Crippen MR) is 61.7 cm³/mol. The lowest BCUT2D eigenvalue weighted by Crippen LogP contribution is -2.07. The lowest BCUT2D eigenvalue weighted by atomic mass is 10.1. The first kappa shape index (κ1) is 10.6. The molecule has 1 aromatic rings. The highest BCUT2D eigenvalue weighted by atomic mass is 32.2. The Kier molecular flexibility index (Phi) is 4.90. The van der Waals surface area contributed by atoms with Crippen LogP contribution in [0.3, 0.4) is 0 Å². The molecule has 3 heteroatoms. The Morgan fingerprint density at radius 2 is 2.08 bits per heavy atom. The molecule has 0 N–H and O–H groups in total. The fourth-order valence-electron chi connectivity index (χ4n) is 1.12. The van der Waals surface area contributed by atoms with Crippen LogP contribution >= 0.6 is 21.0 Å². The van der Waals surface area contributed by atoms with E-state index in [2.05, 4.69) is 26.8 Å². The van der Waals surface area contributed by atoms with E-state index in [1.54, 1.807) is 0 Å². The third-order valence-corrected chi connectivity index (χ3v) is 3.50. The number of nitriles is 1. The molecule has 0 amide bonds. The van der Waals surface area contributed by atoms with E-state index in [9.17, 15) is 0 Å². The number of thiocyanates is 1. The fraction of sp³-hybridized carbons (Fsp3) is 0.300. The van der Waals surface area contributed by atoms with E-state index in [0.717, 1.165) is 12.6 Å². The van der Waals surface area contributed by atoms with E-state index in [1.807, 2.05) is 18.2 Å². The molecule has 1 nitrogen and oxygen atoms in total. The van der Waals surface area contributed by atoms with Crippen molar-refractivity contribution < 1.29 is 0 Å². The van der Waals surface area contributed by atoms with Crippen LogP contribution in [-0.2, 0) is 6.42 Å². The Hall–Kier alpha value is -0.510. The maximum atomic E-state index is 8.55. The van der Waals surface area contributed by atoms with Crippen molar-refractivity contribution in [1.29, 1.82) is 5.26 Å². The third kappa shape index (κ3) is 3.81. The van der Waals surface area contributed by atoms with E-state index >= 15 is 0 Å².